The number of halogens is 1. The van der Waals surface area contributed by atoms with E-state index in [1.165, 1.54) is 12.1 Å². The van der Waals surface area contributed by atoms with Crippen LogP contribution in [0.4, 0.5) is 5.69 Å². The number of hydrogen-bond donors (Lipinski definition) is 0. The molecule has 0 aliphatic heterocycles. The van der Waals surface area contributed by atoms with Crippen molar-refractivity contribution in [3.05, 3.63) is 61.7 Å². The van der Waals surface area contributed by atoms with Crippen LogP contribution in [-0.2, 0) is 0 Å². The molecule has 0 aromatic heterocycles. The topological polar surface area (TPSA) is 52.4 Å². The van der Waals surface area contributed by atoms with E-state index in [1.54, 1.807) is 12.1 Å². The third-order valence-electron chi connectivity index (χ3n) is 2.39. The van der Waals surface area contributed by atoms with Crippen molar-refractivity contribution in [1.82, 2.24) is 0 Å². The van der Waals surface area contributed by atoms with Crippen LogP contribution in [0.2, 0.25) is 0 Å². The molecule has 0 bridgehead atoms. The van der Waals surface area contributed by atoms with Gasteiger partial charge in [0.2, 0.25) is 0 Å². The maximum absolute atomic E-state index is 10.7. The molecule has 2 aromatic carbocycles. The lowest BCUT2D eigenvalue weighted by Crippen LogP contribution is -1.90. The van der Waals surface area contributed by atoms with Gasteiger partial charge >= 0.3 is 0 Å². The van der Waals surface area contributed by atoms with Gasteiger partial charge in [0.1, 0.15) is 11.5 Å². The van der Waals surface area contributed by atoms with Crippen molar-refractivity contribution in [2.24, 2.45) is 0 Å². The number of rotatable bonds is 3. The van der Waals surface area contributed by atoms with Crippen LogP contribution in [0.3, 0.4) is 0 Å². The number of benzene rings is 2. The van der Waals surface area contributed by atoms with Crippen molar-refractivity contribution in [2.45, 2.75) is 6.92 Å². The molecule has 0 spiro atoms. The molecule has 5 heteroatoms. The van der Waals surface area contributed by atoms with Gasteiger partial charge in [0.25, 0.3) is 5.69 Å². The summed E-state index contributed by atoms with van der Waals surface area (Å²) in [6.45, 7) is 1.99. The van der Waals surface area contributed by atoms with E-state index in [-0.39, 0.29) is 5.69 Å². The fraction of sp³-hybridized carbons (Fsp3) is 0.0769. The van der Waals surface area contributed by atoms with Crippen LogP contribution in [0.15, 0.2) is 42.5 Å². The monoisotopic (exact) mass is 355 g/mol. The quantitative estimate of drug-likeness (QED) is 0.469. The van der Waals surface area contributed by atoms with Gasteiger partial charge in [0, 0.05) is 9.64 Å². The lowest BCUT2D eigenvalue weighted by atomic mass is 10.2. The van der Waals surface area contributed by atoms with E-state index in [4.69, 9.17) is 4.74 Å². The third kappa shape index (κ3) is 2.98. The Morgan fingerprint density at radius 3 is 2.56 bits per heavy atom. The lowest BCUT2D eigenvalue weighted by molar-refractivity contribution is -0.384. The van der Waals surface area contributed by atoms with Gasteiger partial charge < -0.3 is 4.74 Å². The first kappa shape index (κ1) is 12.8. The van der Waals surface area contributed by atoms with Gasteiger partial charge in [-0.15, -0.1) is 0 Å². The van der Waals surface area contributed by atoms with Gasteiger partial charge in [-0.25, -0.2) is 0 Å². The van der Waals surface area contributed by atoms with E-state index >= 15 is 0 Å². The van der Waals surface area contributed by atoms with Crippen LogP contribution in [-0.4, -0.2) is 4.92 Å². The van der Waals surface area contributed by atoms with Crippen molar-refractivity contribution >= 4 is 28.3 Å². The van der Waals surface area contributed by atoms with Crippen LogP contribution in [0.1, 0.15) is 5.56 Å². The molecule has 0 radical (unpaired) electrons. The summed E-state index contributed by atoms with van der Waals surface area (Å²) >= 11 is 2.24. The van der Waals surface area contributed by atoms with Gasteiger partial charge in [-0.1, -0.05) is 6.07 Å². The van der Waals surface area contributed by atoms with Gasteiger partial charge in [0.15, 0.2) is 0 Å². The van der Waals surface area contributed by atoms with Gasteiger partial charge in [-0.05, 0) is 59.3 Å². The average Bonchev–Trinajstić information content (AvgIpc) is 2.34. The summed E-state index contributed by atoms with van der Waals surface area (Å²) < 4.78 is 6.75. The Bertz CT molecular complexity index is 599. The Kier molecular flexibility index (Phi) is 3.81. The zero-order valence-corrected chi connectivity index (χ0v) is 11.7. The van der Waals surface area contributed by atoms with Crippen molar-refractivity contribution in [2.75, 3.05) is 0 Å². The number of nitro groups is 1. The molecule has 0 amide bonds. The molecular weight excluding hydrogens is 345 g/mol. The maximum atomic E-state index is 10.7. The zero-order chi connectivity index (χ0) is 13.1. The second-order valence-corrected chi connectivity index (χ2v) is 4.93. The first-order valence-corrected chi connectivity index (χ1v) is 6.32. The first-order valence-electron chi connectivity index (χ1n) is 5.25. The molecular formula is C13H10INO3. The largest absolute Gasteiger partial charge is 0.457 e. The molecule has 0 saturated carbocycles. The van der Waals surface area contributed by atoms with E-state index in [0.717, 1.165) is 9.13 Å². The van der Waals surface area contributed by atoms with Crippen LogP contribution >= 0.6 is 22.6 Å². The average molecular weight is 355 g/mol. The van der Waals surface area contributed by atoms with Gasteiger partial charge in [0.05, 0.1) is 11.0 Å². The van der Waals surface area contributed by atoms with Crippen LogP contribution in [0, 0.1) is 20.6 Å². The van der Waals surface area contributed by atoms with Crippen molar-refractivity contribution < 1.29 is 9.66 Å². The van der Waals surface area contributed by atoms with Crippen LogP contribution in [0.25, 0.3) is 0 Å². The SMILES string of the molecule is Cc1cc(Oc2cccc([N+](=O)[O-])c2)ccc1I. The highest BCUT2D eigenvalue weighted by Crippen LogP contribution is 2.26. The number of aryl methyl sites for hydroxylation is 1. The Morgan fingerprint density at radius 1 is 1.17 bits per heavy atom. The molecule has 2 aromatic rings. The number of non-ortho nitro benzene ring substituents is 1. The van der Waals surface area contributed by atoms with Crippen molar-refractivity contribution in [1.29, 1.82) is 0 Å². The van der Waals surface area contributed by atoms with Gasteiger partial charge in [-0.2, -0.15) is 0 Å². The van der Waals surface area contributed by atoms with Gasteiger partial charge in [-0.3, -0.25) is 10.1 Å². The molecule has 0 N–H and O–H groups in total. The van der Waals surface area contributed by atoms with Crippen molar-refractivity contribution in [3.8, 4) is 11.5 Å². The molecule has 0 heterocycles. The fourth-order valence-electron chi connectivity index (χ4n) is 1.48. The molecule has 4 nitrogen and oxygen atoms in total. The summed E-state index contributed by atoms with van der Waals surface area (Å²) in [5.41, 5.74) is 1.13. The Morgan fingerprint density at radius 2 is 1.89 bits per heavy atom. The van der Waals surface area contributed by atoms with E-state index in [1.807, 2.05) is 25.1 Å². The molecule has 0 aliphatic carbocycles. The number of ether oxygens (including phenoxy) is 1. The smallest absolute Gasteiger partial charge is 0.273 e. The molecule has 2 rings (SSSR count). The van der Waals surface area contributed by atoms with Crippen LogP contribution in [0.5, 0.6) is 11.5 Å². The highest BCUT2D eigenvalue weighted by atomic mass is 127. The molecule has 18 heavy (non-hydrogen) atoms. The minimum Gasteiger partial charge on any atom is -0.457 e. The molecule has 0 aliphatic rings. The second kappa shape index (κ2) is 5.34. The molecule has 0 saturated heterocycles. The highest BCUT2D eigenvalue weighted by Gasteiger charge is 2.07. The summed E-state index contributed by atoms with van der Waals surface area (Å²) in [4.78, 5) is 10.2. The summed E-state index contributed by atoms with van der Waals surface area (Å²) in [6, 6.07) is 11.8. The first-order chi connectivity index (χ1) is 8.56. The summed E-state index contributed by atoms with van der Waals surface area (Å²) in [5.74, 6) is 1.14. The standard InChI is InChI=1S/C13H10INO3/c1-9-7-12(5-6-13(9)14)18-11-4-2-3-10(8-11)15(16)17/h2-8H,1H3. The zero-order valence-electron chi connectivity index (χ0n) is 9.59. The summed E-state index contributed by atoms with van der Waals surface area (Å²) in [7, 11) is 0. The lowest BCUT2D eigenvalue weighted by Gasteiger charge is -2.07. The Hall–Kier alpha value is -1.63. The minimum absolute atomic E-state index is 0.0229. The van der Waals surface area contributed by atoms with E-state index < -0.39 is 4.92 Å². The normalized spacial score (nSPS) is 10.1. The van der Waals surface area contributed by atoms with E-state index in [2.05, 4.69) is 22.6 Å². The van der Waals surface area contributed by atoms with E-state index in [0.29, 0.717) is 11.5 Å². The Balaban J connectivity index is 2.25. The Labute approximate surface area is 118 Å². The number of nitro benzene ring substituents is 1. The fourth-order valence-corrected chi connectivity index (χ4v) is 1.81. The minimum atomic E-state index is -0.438. The molecule has 0 fully saturated rings. The summed E-state index contributed by atoms with van der Waals surface area (Å²) in [5, 5.41) is 10.7. The number of nitrogens with zero attached hydrogens (tertiary/aromatic N) is 1. The molecule has 0 unspecified atom stereocenters. The predicted octanol–water partition coefficient (Wildman–Crippen LogP) is 4.30. The van der Waals surface area contributed by atoms with E-state index in [9.17, 15) is 10.1 Å². The maximum Gasteiger partial charge on any atom is 0.273 e. The van der Waals surface area contributed by atoms with Crippen molar-refractivity contribution in [3.63, 3.8) is 0 Å². The summed E-state index contributed by atoms with van der Waals surface area (Å²) in [6.07, 6.45) is 0. The predicted molar refractivity (Wildman–Crippen MR) is 77.1 cm³/mol. The number of hydrogen-bond acceptors (Lipinski definition) is 3. The second-order valence-electron chi connectivity index (χ2n) is 3.77. The van der Waals surface area contributed by atoms with Crippen LogP contribution < -0.4 is 4.74 Å². The molecule has 0 atom stereocenters. The highest BCUT2D eigenvalue weighted by molar-refractivity contribution is 14.1. The third-order valence-corrected chi connectivity index (χ3v) is 3.60. The molecule has 92 valence electrons.